The fraction of sp³-hybridized carbons (Fsp3) is 0.269. The number of benzene rings is 3. The van der Waals surface area contributed by atoms with Crippen molar-refractivity contribution in [2.75, 3.05) is 25.0 Å². The van der Waals surface area contributed by atoms with Crippen LogP contribution in [0.25, 0.3) is 0 Å². The number of hydrogen-bond donors (Lipinski definition) is 5. The number of carbonyl (C=O) groups is 1. The van der Waals surface area contributed by atoms with Crippen molar-refractivity contribution in [2.24, 2.45) is 0 Å². The number of nitrogens with zero attached hydrogens (tertiary/aromatic N) is 1. The van der Waals surface area contributed by atoms with E-state index < -0.39 is 41.5 Å². The maximum atomic E-state index is 11.9. The molecule has 0 radical (unpaired) electrons. The van der Waals surface area contributed by atoms with E-state index in [1.165, 1.54) is 0 Å². The fourth-order valence-electron chi connectivity index (χ4n) is 3.25. The molecule has 0 aliphatic heterocycles. The number of para-hydroxylation sites is 1. The molecule has 5 N–H and O–H groups in total. The SMILES string of the molecule is CCN(CC)CC(=O)Nc1c(C)cccc1C.O=S(=O)([O-])c1cc(O)ccc1O.O=S(=O)([O-])c1cc(O)ccc1O.[Ca+2]. The molecular weight excluding hydrogens is 621 g/mol. The van der Waals surface area contributed by atoms with Crippen molar-refractivity contribution >= 4 is 69.6 Å². The average Bonchev–Trinajstić information content (AvgIpc) is 2.87. The molecule has 0 aliphatic rings. The second-order valence-electron chi connectivity index (χ2n) is 8.49. The van der Waals surface area contributed by atoms with Crippen LogP contribution in [-0.4, -0.2) is 115 Å². The average molecular weight is 653 g/mol. The summed E-state index contributed by atoms with van der Waals surface area (Å²) < 4.78 is 62.3. The number of anilines is 1. The summed E-state index contributed by atoms with van der Waals surface area (Å²) in [5.41, 5.74) is 3.17. The zero-order valence-electron chi connectivity index (χ0n) is 23.4. The van der Waals surface area contributed by atoms with Gasteiger partial charge in [-0.2, -0.15) is 0 Å². The van der Waals surface area contributed by atoms with Crippen molar-refractivity contribution in [3.63, 3.8) is 0 Å². The third-order valence-corrected chi connectivity index (χ3v) is 7.16. The summed E-state index contributed by atoms with van der Waals surface area (Å²) in [7, 11) is -9.43. The zero-order valence-corrected chi connectivity index (χ0v) is 27.3. The minimum atomic E-state index is -4.72. The molecule has 42 heavy (non-hydrogen) atoms. The normalized spacial score (nSPS) is 10.8. The van der Waals surface area contributed by atoms with Crippen LogP contribution in [-0.2, 0) is 25.0 Å². The predicted octanol–water partition coefficient (Wildman–Crippen LogP) is 2.21. The Morgan fingerprint density at radius 1 is 0.762 bits per heavy atom. The van der Waals surface area contributed by atoms with E-state index in [9.17, 15) is 30.7 Å². The fourth-order valence-corrected chi connectivity index (χ4v) is 4.43. The maximum Gasteiger partial charge on any atom is 2.00 e. The van der Waals surface area contributed by atoms with Crippen LogP contribution < -0.4 is 5.32 Å². The van der Waals surface area contributed by atoms with Crippen LogP contribution in [0.4, 0.5) is 5.69 Å². The van der Waals surface area contributed by atoms with Gasteiger partial charge >= 0.3 is 37.7 Å². The van der Waals surface area contributed by atoms with E-state index in [0.29, 0.717) is 18.7 Å². The molecule has 0 unspecified atom stereocenters. The quantitative estimate of drug-likeness (QED) is 0.141. The van der Waals surface area contributed by atoms with Crippen LogP contribution >= 0.6 is 0 Å². The summed E-state index contributed by atoms with van der Waals surface area (Å²) in [5, 5.41) is 38.3. The van der Waals surface area contributed by atoms with Gasteiger partial charge in [-0.1, -0.05) is 32.0 Å². The van der Waals surface area contributed by atoms with Crippen LogP contribution in [0, 0.1) is 13.8 Å². The molecule has 0 heterocycles. The molecule has 0 saturated carbocycles. The van der Waals surface area contributed by atoms with E-state index in [1.807, 2.05) is 32.0 Å². The summed E-state index contributed by atoms with van der Waals surface area (Å²) in [5.74, 6) is -2.04. The first-order chi connectivity index (χ1) is 18.9. The number of rotatable bonds is 7. The minimum absolute atomic E-state index is 0. The number of phenolic OH excluding ortho intramolecular Hbond substituents is 4. The number of likely N-dealkylation sites (N-methyl/N-ethyl adjacent to an activating group) is 1. The monoisotopic (exact) mass is 652 g/mol. The van der Waals surface area contributed by atoms with Crippen molar-refractivity contribution in [3.8, 4) is 23.0 Å². The molecule has 3 rings (SSSR count). The molecule has 0 bridgehead atoms. The van der Waals surface area contributed by atoms with Crippen molar-refractivity contribution in [3.05, 3.63) is 65.7 Å². The topological polar surface area (TPSA) is 228 Å². The van der Waals surface area contributed by atoms with E-state index >= 15 is 0 Å². The third kappa shape index (κ3) is 13.1. The summed E-state index contributed by atoms with van der Waals surface area (Å²) in [6.45, 7) is 10.4. The Hall–Kier alpha value is -2.63. The van der Waals surface area contributed by atoms with Crippen LogP contribution in [0.2, 0.25) is 0 Å². The van der Waals surface area contributed by atoms with E-state index in [1.54, 1.807) is 0 Å². The number of nitrogens with one attached hydrogen (secondary N) is 1. The van der Waals surface area contributed by atoms with Crippen molar-refractivity contribution in [1.29, 1.82) is 0 Å². The summed E-state index contributed by atoms with van der Waals surface area (Å²) in [4.78, 5) is 12.4. The van der Waals surface area contributed by atoms with E-state index in [4.69, 9.17) is 20.4 Å². The Balaban J connectivity index is 0.000000607. The van der Waals surface area contributed by atoms with Gasteiger partial charge in [0.25, 0.3) is 0 Å². The van der Waals surface area contributed by atoms with Gasteiger partial charge in [0.1, 0.15) is 43.2 Å². The van der Waals surface area contributed by atoms with Gasteiger partial charge in [0.2, 0.25) is 5.91 Å². The van der Waals surface area contributed by atoms with Crippen LogP contribution in [0.1, 0.15) is 25.0 Å². The van der Waals surface area contributed by atoms with Gasteiger partial charge in [0, 0.05) is 17.8 Å². The molecule has 13 nitrogen and oxygen atoms in total. The summed E-state index contributed by atoms with van der Waals surface area (Å²) >= 11 is 0. The van der Waals surface area contributed by atoms with Crippen LogP contribution in [0.3, 0.4) is 0 Å². The molecule has 0 aliphatic carbocycles. The number of hydrogen-bond acceptors (Lipinski definition) is 12. The number of carbonyl (C=O) groups excluding carboxylic acids is 1. The predicted molar refractivity (Wildman–Crippen MR) is 154 cm³/mol. The van der Waals surface area contributed by atoms with E-state index in [0.717, 1.165) is 54.2 Å². The van der Waals surface area contributed by atoms with E-state index in [-0.39, 0.29) is 55.1 Å². The van der Waals surface area contributed by atoms with Crippen molar-refractivity contribution in [2.45, 2.75) is 37.5 Å². The first kappa shape index (κ1) is 39.4. The number of aromatic hydroxyl groups is 4. The van der Waals surface area contributed by atoms with Gasteiger partial charge < -0.3 is 34.8 Å². The third-order valence-electron chi connectivity index (χ3n) is 5.43. The molecule has 16 heteroatoms. The van der Waals surface area contributed by atoms with Crippen LogP contribution in [0.15, 0.2) is 64.4 Å². The molecule has 0 atom stereocenters. The largest absolute Gasteiger partial charge is 2.00 e. The molecule has 0 saturated heterocycles. The Bertz CT molecular complexity index is 1460. The first-order valence-corrected chi connectivity index (χ1v) is 14.8. The summed E-state index contributed by atoms with van der Waals surface area (Å²) in [6.07, 6.45) is 0. The Morgan fingerprint density at radius 2 is 1.14 bits per heavy atom. The number of amides is 1. The maximum absolute atomic E-state index is 11.9. The van der Waals surface area contributed by atoms with Gasteiger partial charge in [-0.3, -0.25) is 9.69 Å². The standard InChI is InChI=1S/C14H22N2O.2C6H6O5S.Ca/c1-5-16(6-2)10-13(17)15-14-11(3)8-7-9-12(14)4;2*7-4-1-2-5(8)6(3-4)12(9,10)11;/h7-9H,5-6,10H2,1-4H3,(H,15,17);2*1-3,7-8H,(H,9,10,11);/q;;;+2/p-2. The molecule has 0 aromatic heterocycles. The Morgan fingerprint density at radius 3 is 1.45 bits per heavy atom. The van der Waals surface area contributed by atoms with Gasteiger partial charge in [-0.25, -0.2) is 16.8 Å². The van der Waals surface area contributed by atoms with Gasteiger partial charge in [0.15, 0.2) is 0 Å². The number of aryl methyl sites for hydroxylation is 2. The Labute approximate surface area is 274 Å². The minimum Gasteiger partial charge on any atom is -0.744 e. The molecular formula is C26H32CaN2O11S2. The molecule has 0 fully saturated rings. The molecule has 0 spiro atoms. The molecule has 226 valence electrons. The smallest absolute Gasteiger partial charge is 0.744 e. The van der Waals surface area contributed by atoms with Gasteiger partial charge in [-0.15, -0.1) is 0 Å². The zero-order chi connectivity index (χ0) is 31.5. The van der Waals surface area contributed by atoms with Crippen LogP contribution in [0.5, 0.6) is 23.0 Å². The second kappa shape index (κ2) is 17.5. The second-order valence-corrected chi connectivity index (χ2v) is 11.2. The Kier molecular flexibility index (Phi) is 16.4. The summed E-state index contributed by atoms with van der Waals surface area (Å²) in [6, 6.07) is 11.4. The van der Waals surface area contributed by atoms with Crippen molar-refractivity contribution in [1.82, 2.24) is 4.90 Å². The molecule has 3 aromatic carbocycles. The number of phenols is 4. The molecule has 3 aromatic rings. The molecule has 1 amide bonds. The van der Waals surface area contributed by atoms with E-state index in [2.05, 4.69) is 24.1 Å². The first-order valence-electron chi connectivity index (χ1n) is 11.9. The van der Waals surface area contributed by atoms with Crippen molar-refractivity contribution < 1.29 is 51.2 Å². The van der Waals surface area contributed by atoms with Gasteiger partial charge in [-0.05, 0) is 62.3 Å². The van der Waals surface area contributed by atoms with Gasteiger partial charge in [0.05, 0.1) is 16.3 Å².